The van der Waals surface area contributed by atoms with Gasteiger partial charge in [-0.15, -0.1) is 11.1 Å². The first-order valence-electron chi connectivity index (χ1n) is 19.1. The number of nitrogens with zero attached hydrogens (tertiary/aromatic N) is 4. The first-order valence-corrected chi connectivity index (χ1v) is 19.1. The Hall–Kier alpha value is -2.10. The van der Waals surface area contributed by atoms with Gasteiger partial charge in [-0.3, -0.25) is 42.8 Å². The van der Waals surface area contributed by atoms with Gasteiger partial charge in [0.25, 0.3) is 11.8 Å². The fourth-order valence-electron chi connectivity index (χ4n) is 4.26. The van der Waals surface area contributed by atoms with Crippen molar-refractivity contribution in [3.8, 4) is 0 Å². The van der Waals surface area contributed by atoms with Gasteiger partial charge in [0, 0.05) is 42.3 Å². The van der Waals surface area contributed by atoms with Crippen molar-refractivity contribution < 1.29 is 79.6 Å². The number of imide groups is 1. The van der Waals surface area contributed by atoms with Gasteiger partial charge in [0.15, 0.2) is 5.78 Å². The quantitative estimate of drug-likeness (QED) is 0.158. The van der Waals surface area contributed by atoms with Crippen LogP contribution in [0.2, 0.25) is 0 Å². The van der Waals surface area contributed by atoms with Gasteiger partial charge in [-0.1, -0.05) is 107 Å². The molecule has 0 aromatic rings. The van der Waals surface area contributed by atoms with Crippen LogP contribution in [0, 0.1) is 49.3 Å². The predicted molar refractivity (Wildman–Crippen MR) is 234 cm³/mol. The smallest absolute Gasteiger partial charge is 0.733 e. The number of amides is 4. The van der Waals surface area contributed by atoms with E-state index < -0.39 is 5.54 Å². The van der Waals surface area contributed by atoms with E-state index in [1.54, 1.807) is 24.3 Å². The van der Waals surface area contributed by atoms with Crippen molar-refractivity contribution in [3.63, 3.8) is 0 Å². The van der Waals surface area contributed by atoms with E-state index in [0.29, 0.717) is 18.9 Å². The summed E-state index contributed by atoms with van der Waals surface area (Å²) in [6, 6.07) is 0. The molecule has 12 heteroatoms. The van der Waals surface area contributed by atoms with Crippen LogP contribution in [0.15, 0.2) is 54.7 Å². The molecule has 0 aromatic carbocycles. The topological polar surface area (TPSA) is 120 Å². The largest absolute Gasteiger partial charge is 2.00 e. The molecule has 0 N–H and O–H groups in total. The summed E-state index contributed by atoms with van der Waals surface area (Å²) < 4.78 is 0. The van der Waals surface area contributed by atoms with Gasteiger partial charge < -0.3 is 40.4 Å². The van der Waals surface area contributed by atoms with E-state index in [9.17, 15) is 24.0 Å². The van der Waals surface area contributed by atoms with E-state index in [4.69, 9.17) is 19.7 Å². The van der Waals surface area contributed by atoms with Crippen molar-refractivity contribution in [3.05, 3.63) is 92.0 Å². The number of carbonyl (C=O) groups is 5. The van der Waals surface area contributed by atoms with Crippen LogP contribution in [0.1, 0.15) is 131 Å². The van der Waals surface area contributed by atoms with Gasteiger partial charge in [-0.2, -0.15) is 12.5 Å². The second-order valence-corrected chi connectivity index (χ2v) is 19.7. The van der Waals surface area contributed by atoms with E-state index >= 15 is 0 Å². The molecule has 0 aromatic heterocycles. The molecule has 2 heterocycles. The first kappa shape index (κ1) is 68.6. The average molecular weight is 930 g/mol. The Kier molecular flexibility index (Phi) is 34.9. The molecule has 3 radical (unpaired) electrons. The molecule has 0 spiro atoms. The molecular weight excluding hydrogens is 853 g/mol. The molecule has 0 fully saturated rings. The normalized spacial score (nSPS) is 16.2. The third-order valence-corrected chi connectivity index (χ3v) is 7.76. The van der Waals surface area contributed by atoms with Gasteiger partial charge in [0.05, 0.1) is 0 Å². The average Bonchev–Trinajstić information content (AvgIpc) is 3.74. The van der Waals surface area contributed by atoms with Crippen molar-refractivity contribution in [1.29, 1.82) is 0 Å². The molecule has 1 aliphatic carbocycles. The number of allylic oxidation sites excluding steroid dienone is 3. The Morgan fingerprint density at radius 3 is 1.32 bits per heavy atom. The van der Waals surface area contributed by atoms with Crippen LogP contribution in [-0.2, 0) is 79.6 Å². The number of rotatable bonds is 4. The zero-order chi connectivity index (χ0) is 45.1. The summed E-state index contributed by atoms with van der Waals surface area (Å²) in [4.78, 5) is 57.5. The maximum Gasteiger partial charge on any atom is 2.00 e. The van der Waals surface area contributed by atoms with E-state index in [0.717, 1.165) is 12.6 Å². The van der Waals surface area contributed by atoms with Crippen LogP contribution in [0.3, 0.4) is 0 Å². The summed E-state index contributed by atoms with van der Waals surface area (Å²) in [7, 11) is 0. The van der Waals surface area contributed by atoms with Gasteiger partial charge in [0.2, 0.25) is 5.91 Å². The first-order chi connectivity index (χ1) is 24.9. The molecule has 3 aliphatic rings. The fourth-order valence-corrected chi connectivity index (χ4v) is 4.26. The van der Waals surface area contributed by atoms with Crippen molar-refractivity contribution >= 4 is 29.4 Å². The van der Waals surface area contributed by atoms with Gasteiger partial charge in [-0.05, 0) is 59.0 Å². The third kappa shape index (κ3) is 35.2. The zero-order valence-corrected chi connectivity index (χ0v) is 43.8. The summed E-state index contributed by atoms with van der Waals surface area (Å²) >= 11 is 0. The molecule has 59 heavy (non-hydrogen) atoms. The third-order valence-electron chi connectivity index (χ3n) is 7.76. The summed E-state index contributed by atoms with van der Waals surface area (Å²) in [5, 5.41) is 7.90. The van der Waals surface area contributed by atoms with Crippen LogP contribution in [0.4, 0.5) is 0 Å². The predicted octanol–water partition coefficient (Wildman–Crippen LogP) is 10.4. The van der Waals surface area contributed by atoms with Gasteiger partial charge >= 0.3 is 55.7 Å². The summed E-state index contributed by atoms with van der Waals surface area (Å²) in [6.45, 7) is 56.7. The Morgan fingerprint density at radius 2 is 1.19 bits per heavy atom. The minimum absolute atomic E-state index is 0. The molecule has 0 saturated carbocycles. The van der Waals surface area contributed by atoms with E-state index in [1.165, 1.54) is 17.1 Å². The summed E-state index contributed by atoms with van der Waals surface area (Å²) in [5.74, 6) is 0.322. The standard InChI is InChI=1S/C9H14O.C8H11NO2.C8H13NO.C8H14.C7H12NO.C7H13N.3V/c1-9(2,3)7-4-5-8(10)6-7;1-8(2,3)9-6(10)4-5-7(9)11;1-8(2,3)9-6-4-5-7(9)10;1-6-7(2)8(3,4)5;1-5-6(9)8-7(2,3)4;1-5-6-8-7(2,3)4;;;/h4-5,7H,6H2,1-3H3;4-5H,1-3H3;4-5H,6H2,1-3H3;1,6-7H,2H2,3-5H3;1,5H,2-4H3,(H,8,9);1,5H,6H2,2-4H3;;;/q;;;-2;-1;-2;3*+2/p-1. The fraction of sp³-hybridized carbons (Fsp3) is 0.617. The zero-order valence-electron chi connectivity index (χ0n) is 39.6. The number of carbonyl (C=O) groups excluding carboxylic acids is 5. The second kappa shape index (κ2) is 30.0. The van der Waals surface area contributed by atoms with E-state index in [1.807, 2.05) is 79.4 Å². The Balaban J connectivity index is -0.000000142. The molecule has 2 atom stereocenters. The van der Waals surface area contributed by atoms with Crippen molar-refractivity contribution in [2.75, 3.05) is 13.1 Å². The van der Waals surface area contributed by atoms with Crippen LogP contribution in [-0.4, -0.2) is 74.5 Å². The minimum Gasteiger partial charge on any atom is -0.733 e. The van der Waals surface area contributed by atoms with Crippen molar-refractivity contribution in [1.82, 2.24) is 9.80 Å². The number of hydrogen-bond acceptors (Lipinski definition) is 5. The van der Waals surface area contributed by atoms with Crippen molar-refractivity contribution in [2.45, 2.75) is 153 Å². The van der Waals surface area contributed by atoms with E-state index in [-0.39, 0.29) is 118 Å². The van der Waals surface area contributed by atoms with Crippen LogP contribution in [0.5, 0.6) is 0 Å². The molecule has 0 bridgehead atoms. The Labute approximate surface area is 397 Å². The van der Waals surface area contributed by atoms with Gasteiger partial charge in [-0.25, -0.2) is 6.08 Å². The molecule has 4 amide bonds. The molecule has 0 saturated heterocycles. The van der Waals surface area contributed by atoms with E-state index in [2.05, 4.69) is 79.9 Å². The number of hydrogen-bond donors (Lipinski definition) is 0. The Morgan fingerprint density at radius 1 is 0.729 bits per heavy atom. The van der Waals surface area contributed by atoms with Crippen LogP contribution >= 0.6 is 0 Å². The Bertz CT molecular complexity index is 1390. The molecule has 9 nitrogen and oxygen atoms in total. The summed E-state index contributed by atoms with van der Waals surface area (Å²) in [5.41, 5.74) is -0.210. The van der Waals surface area contributed by atoms with Gasteiger partial charge in [0.1, 0.15) is 0 Å². The number of ketones is 1. The minimum atomic E-state index is -0.405. The monoisotopic (exact) mass is 929 g/mol. The second-order valence-electron chi connectivity index (χ2n) is 19.7. The molecule has 329 valence electrons. The maximum absolute atomic E-state index is 11.1. The van der Waals surface area contributed by atoms with Crippen LogP contribution in [0.25, 0.3) is 10.6 Å². The molecule has 2 unspecified atom stereocenters. The molecule has 3 rings (SSSR count). The van der Waals surface area contributed by atoms with Crippen LogP contribution < -0.4 is 0 Å². The molecular formula is C47H76N4O5V3. The molecule has 2 aliphatic heterocycles. The SMILES string of the molecule is CC(C)(C)C1C=CC(=O)C1.CC(C)(C)N1C(=O)C=CC1=O.CC(C)(C)N1CC=CC1=O.[CH-]=CC(=O)[N-]C(C)(C)C.[CH-]=CC([CH2-])C(C)(C)C.[CH-]=CC[N-]C(C)(C)C.[V+2].[V+2].[V+2]. The maximum atomic E-state index is 11.1. The van der Waals surface area contributed by atoms with Crippen molar-refractivity contribution in [2.24, 2.45) is 22.7 Å². The summed E-state index contributed by atoms with van der Waals surface area (Å²) in [6.07, 6.45) is 14.7.